The lowest BCUT2D eigenvalue weighted by Gasteiger charge is -2.07. The lowest BCUT2D eigenvalue weighted by molar-refractivity contribution is -0.105. The number of carbonyl (C=O) groups excluding carboxylic acids is 2. The number of hydrogen-bond acceptors (Lipinski definition) is 4. The Bertz CT molecular complexity index is 907. The highest BCUT2D eigenvalue weighted by atomic mass is 32.1. The van der Waals surface area contributed by atoms with Crippen LogP contribution in [-0.4, -0.2) is 17.4 Å². The highest BCUT2D eigenvalue weighted by Gasteiger charge is 2.13. The molecule has 3 N–H and O–H groups in total. The molecule has 0 aliphatic heterocycles. The largest absolute Gasteiger partial charge is 0.508 e. The number of hydrogen-bond donors (Lipinski definition) is 3. The summed E-state index contributed by atoms with van der Waals surface area (Å²) in [6, 6.07) is 10.3. The number of nitrogens with one attached hydrogen (secondary N) is 2. The Kier molecular flexibility index (Phi) is 3.94. The molecule has 0 unspecified atom stereocenters. The van der Waals surface area contributed by atoms with Crippen molar-refractivity contribution in [2.75, 3.05) is 10.6 Å². The minimum Gasteiger partial charge on any atom is -0.508 e. The molecule has 23 heavy (non-hydrogen) atoms. The van der Waals surface area contributed by atoms with Gasteiger partial charge in [-0.2, -0.15) is 0 Å². The van der Waals surface area contributed by atoms with Gasteiger partial charge < -0.3 is 15.7 Å². The van der Waals surface area contributed by atoms with Crippen LogP contribution in [0, 0.1) is 5.82 Å². The molecule has 2 amide bonds. The summed E-state index contributed by atoms with van der Waals surface area (Å²) >= 11 is 1.19. The van der Waals surface area contributed by atoms with Gasteiger partial charge in [0.15, 0.2) is 0 Å². The maximum atomic E-state index is 13.8. The quantitative estimate of drug-likeness (QED) is 0.640. The van der Waals surface area contributed by atoms with E-state index >= 15 is 0 Å². The van der Waals surface area contributed by atoms with Gasteiger partial charge in [0.25, 0.3) is 5.91 Å². The summed E-state index contributed by atoms with van der Waals surface area (Å²) in [6.07, 6.45) is 0.470. The first-order valence-corrected chi connectivity index (χ1v) is 7.42. The lowest BCUT2D eigenvalue weighted by Crippen LogP contribution is -2.11. The smallest absolute Gasteiger partial charge is 0.265 e. The third kappa shape index (κ3) is 3.14. The molecule has 2 aromatic carbocycles. The third-order valence-corrected chi connectivity index (χ3v) is 4.26. The molecule has 0 atom stereocenters. The zero-order chi connectivity index (χ0) is 16.4. The number of benzene rings is 2. The molecule has 0 aliphatic rings. The minimum atomic E-state index is -0.603. The molecule has 3 aromatic rings. The van der Waals surface area contributed by atoms with Crippen LogP contribution < -0.4 is 10.6 Å². The van der Waals surface area contributed by atoms with Gasteiger partial charge >= 0.3 is 0 Å². The number of phenols is 1. The first-order chi connectivity index (χ1) is 11.1. The Balaban J connectivity index is 1.88. The molecule has 1 aromatic heterocycles. The predicted octanol–water partition coefficient (Wildman–Crippen LogP) is 3.57. The molecule has 7 heteroatoms. The second kappa shape index (κ2) is 6.05. The molecule has 0 spiro atoms. The number of fused-ring (bicyclic) bond motifs is 1. The molecule has 0 saturated carbocycles. The maximum absolute atomic E-state index is 13.8. The van der Waals surface area contributed by atoms with Gasteiger partial charge in [0.2, 0.25) is 6.41 Å². The maximum Gasteiger partial charge on any atom is 0.265 e. The van der Waals surface area contributed by atoms with Gasteiger partial charge in [0.1, 0.15) is 11.6 Å². The Morgan fingerprint density at radius 2 is 2.00 bits per heavy atom. The van der Waals surface area contributed by atoms with E-state index in [0.29, 0.717) is 17.0 Å². The summed E-state index contributed by atoms with van der Waals surface area (Å²) < 4.78 is 14.5. The number of halogens is 1. The van der Waals surface area contributed by atoms with E-state index in [9.17, 15) is 19.1 Å². The molecule has 0 aliphatic carbocycles. The van der Waals surface area contributed by atoms with Crippen molar-refractivity contribution in [3.8, 4) is 5.75 Å². The number of carbonyl (C=O) groups is 2. The van der Waals surface area contributed by atoms with Crippen LogP contribution in [0.3, 0.4) is 0 Å². The summed E-state index contributed by atoms with van der Waals surface area (Å²) in [7, 11) is 0. The fourth-order valence-electron chi connectivity index (χ4n) is 2.09. The van der Waals surface area contributed by atoms with Crippen LogP contribution in [0.25, 0.3) is 10.1 Å². The molecule has 0 saturated heterocycles. The Morgan fingerprint density at radius 1 is 1.17 bits per heavy atom. The average Bonchev–Trinajstić information content (AvgIpc) is 2.94. The molecule has 5 nitrogen and oxygen atoms in total. The van der Waals surface area contributed by atoms with Gasteiger partial charge in [-0.15, -0.1) is 11.3 Å². The van der Waals surface area contributed by atoms with Gasteiger partial charge in [0.05, 0.1) is 10.6 Å². The van der Waals surface area contributed by atoms with Gasteiger partial charge in [-0.1, -0.05) is 0 Å². The van der Waals surface area contributed by atoms with Gasteiger partial charge in [-0.25, -0.2) is 4.39 Å². The normalized spacial score (nSPS) is 10.5. The molecule has 1 heterocycles. The Hall–Kier alpha value is -2.93. The molecule has 0 bridgehead atoms. The summed E-state index contributed by atoms with van der Waals surface area (Å²) in [5.74, 6) is -0.952. The highest BCUT2D eigenvalue weighted by molar-refractivity contribution is 7.20. The van der Waals surface area contributed by atoms with Crippen molar-refractivity contribution >= 4 is 45.1 Å². The van der Waals surface area contributed by atoms with E-state index in [2.05, 4.69) is 10.6 Å². The number of aromatic hydroxyl groups is 1. The van der Waals surface area contributed by atoms with Crippen LogP contribution in [-0.2, 0) is 4.79 Å². The second-order valence-corrected chi connectivity index (χ2v) is 5.83. The van der Waals surface area contributed by atoms with Crippen molar-refractivity contribution in [1.29, 1.82) is 0 Å². The molecule has 0 fully saturated rings. The van der Waals surface area contributed by atoms with Crippen molar-refractivity contribution in [1.82, 2.24) is 0 Å². The summed E-state index contributed by atoms with van der Waals surface area (Å²) in [4.78, 5) is 23.1. The summed E-state index contributed by atoms with van der Waals surface area (Å²) in [6.45, 7) is 0. The van der Waals surface area contributed by atoms with E-state index < -0.39 is 11.7 Å². The van der Waals surface area contributed by atoms with Crippen molar-refractivity contribution in [2.24, 2.45) is 0 Å². The first kappa shape index (κ1) is 15.0. The van der Waals surface area contributed by atoms with Crippen molar-refractivity contribution in [2.45, 2.75) is 0 Å². The van der Waals surface area contributed by atoms with E-state index in [1.54, 1.807) is 18.2 Å². The lowest BCUT2D eigenvalue weighted by atomic mass is 10.2. The van der Waals surface area contributed by atoms with Crippen LogP contribution in [0.15, 0.2) is 42.5 Å². The molecular weight excluding hydrogens is 319 g/mol. The van der Waals surface area contributed by atoms with E-state index in [-0.39, 0.29) is 11.4 Å². The van der Waals surface area contributed by atoms with Crippen molar-refractivity contribution < 1.29 is 19.1 Å². The van der Waals surface area contributed by atoms with Gasteiger partial charge in [0, 0.05) is 10.4 Å². The minimum absolute atomic E-state index is 0.0258. The first-order valence-electron chi connectivity index (χ1n) is 6.60. The van der Waals surface area contributed by atoms with Crippen molar-refractivity contribution in [3.63, 3.8) is 0 Å². The van der Waals surface area contributed by atoms with Crippen LogP contribution in [0.1, 0.15) is 9.67 Å². The average molecular weight is 330 g/mol. The standard InChI is InChI=1S/C16H11FN2O3S/c17-12-4-2-10(18-8-20)6-13(12)19-16(22)15-5-9-1-3-11(21)7-14(9)23-15/h1-8,21H,(H,18,20)(H,19,22). The van der Waals surface area contributed by atoms with E-state index in [1.165, 1.54) is 29.5 Å². The second-order valence-electron chi connectivity index (χ2n) is 4.74. The number of amides is 2. The molecule has 3 rings (SSSR count). The SMILES string of the molecule is O=CNc1ccc(F)c(NC(=O)c2cc3ccc(O)cc3s2)c1. The van der Waals surface area contributed by atoms with Crippen molar-refractivity contribution in [3.05, 3.63) is 53.2 Å². The van der Waals surface area contributed by atoms with Crippen LogP contribution in [0.5, 0.6) is 5.75 Å². The fraction of sp³-hybridized carbons (Fsp3) is 0. The van der Waals surface area contributed by atoms with E-state index in [0.717, 1.165) is 16.2 Å². The molecular formula is C16H11FN2O3S. The number of phenolic OH excluding ortho intramolecular Hbond substituents is 1. The monoisotopic (exact) mass is 330 g/mol. The van der Waals surface area contributed by atoms with Gasteiger partial charge in [-0.05, 0) is 47.9 Å². The van der Waals surface area contributed by atoms with Crippen LogP contribution in [0.4, 0.5) is 15.8 Å². The van der Waals surface area contributed by atoms with E-state index in [4.69, 9.17) is 0 Å². The topological polar surface area (TPSA) is 78.4 Å². The zero-order valence-electron chi connectivity index (χ0n) is 11.7. The Labute approximate surface area is 134 Å². The number of thiophene rings is 1. The highest BCUT2D eigenvalue weighted by Crippen LogP contribution is 2.29. The van der Waals surface area contributed by atoms with Crippen LogP contribution >= 0.6 is 11.3 Å². The van der Waals surface area contributed by atoms with E-state index in [1.807, 2.05) is 0 Å². The Morgan fingerprint density at radius 3 is 2.78 bits per heavy atom. The molecule has 116 valence electrons. The summed E-state index contributed by atoms with van der Waals surface area (Å²) in [5, 5.41) is 15.1. The summed E-state index contributed by atoms with van der Waals surface area (Å²) in [5.41, 5.74) is 0.347. The number of rotatable bonds is 4. The van der Waals surface area contributed by atoms with Crippen LogP contribution in [0.2, 0.25) is 0 Å². The third-order valence-electron chi connectivity index (χ3n) is 3.17. The zero-order valence-corrected chi connectivity index (χ0v) is 12.5. The van der Waals surface area contributed by atoms with Gasteiger partial charge in [-0.3, -0.25) is 9.59 Å². The fourth-order valence-corrected chi connectivity index (χ4v) is 3.09. The predicted molar refractivity (Wildman–Crippen MR) is 87.5 cm³/mol. The molecule has 0 radical (unpaired) electrons. The number of anilines is 2.